The van der Waals surface area contributed by atoms with Crippen LogP contribution in [0.1, 0.15) is 11.1 Å². The summed E-state index contributed by atoms with van der Waals surface area (Å²) in [5.41, 5.74) is 0.453. The number of halogens is 2. The molecule has 0 spiro atoms. The zero-order valence-corrected chi connectivity index (χ0v) is 7.42. The Hall–Kier alpha value is -1.71. The minimum absolute atomic E-state index is 0.226. The van der Waals surface area contributed by atoms with Crippen LogP contribution in [0.2, 0.25) is 0 Å². The zero-order valence-electron chi connectivity index (χ0n) is 7.42. The van der Waals surface area contributed by atoms with Crippen LogP contribution in [0.15, 0.2) is 18.2 Å². The number of rotatable bonds is 2. The number of hydrogen-bond acceptors (Lipinski definition) is 1. The second-order valence-corrected chi connectivity index (χ2v) is 2.77. The van der Waals surface area contributed by atoms with Gasteiger partial charge in [-0.05, 0) is 30.2 Å². The van der Waals surface area contributed by atoms with Gasteiger partial charge in [-0.25, -0.2) is 13.6 Å². The molecule has 74 valence electrons. The topological polar surface area (TPSA) is 37.3 Å². The smallest absolute Gasteiger partial charge is 0.328 e. The Kier molecular flexibility index (Phi) is 2.96. The van der Waals surface area contributed by atoms with Crippen LogP contribution in [0, 0.1) is 18.6 Å². The van der Waals surface area contributed by atoms with Crippen LogP contribution in [-0.2, 0) is 4.79 Å². The predicted molar refractivity (Wildman–Crippen MR) is 47.8 cm³/mol. The van der Waals surface area contributed by atoms with Crippen LogP contribution in [0.5, 0.6) is 0 Å². The molecule has 0 atom stereocenters. The highest BCUT2D eigenvalue weighted by molar-refractivity contribution is 5.85. The van der Waals surface area contributed by atoms with Crippen molar-refractivity contribution in [2.45, 2.75) is 6.92 Å². The first-order valence-corrected chi connectivity index (χ1v) is 3.87. The third-order valence-electron chi connectivity index (χ3n) is 1.75. The average Bonchev–Trinajstić information content (AvgIpc) is 2.08. The Labute approximate surface area is 79.5 Å². The van der Waals surface area contributed by atoms with Gasteiger partial charge in [0, 0.05) is 12.1 Å². The molecule has 0 saturated heterocycles. The highest BCUT2D eigenvalue weighted by Gasteiger charge is 2.04. The number of benzene rings is 1. The fourth-order valence-corrected chi connectivity index (χ4v) is 1.000. The summed E-state index contributed by atoms with van der Waals surface area (Å²) in [7, 11) is 0. The third kappa shape index (κ3) is 2.39. The van der Waals surface area contributed by atoms with Crippen molar-refractivity contribution < 1.29 is 18.7 Å². The fourth-order valence-electron chi connectivity index (χ4n) is 1.000. The predicted octanol–water partition coefficient (Wildman–Crippen LogP) is 2.37. The summed E-state index contributed by atoms with van der Waals surface area (Å²) < 4.78 is 25.7. The van der Waals surface area contributed by atoms with Crippen LogP contribution >= 0.6 is 0 Å². The van der Waals surface area contributed by atoms with Gasteiger partial charge in [-0.3, -0.25) is 0 Å². The van der Waals surface area contributed by atoms with Gasteiger partial charge in [0.05, 0.1) is 0 Å². The van der Waals surface area contributed by atoms with Gasteiger partial charge in [0.15, 0.2) is 0 Å². The van der Waals surface area contributed by atoms with Crippen LogP contribution in [0.25, 0.3) is 6.08 Å². The molecule has 4 heteroatoms. The largest absolute Gasteiger partial charge is 0.478 e. The number of hydrogen-bond donors (Lipinski definition) is 1. The number of aliphatic carboxylic acids is 1. The molecule has 0 aromatic heterocycles. The molecule has 1 aromatic carbocycles. The van der Waals surface area contributed by atoms with E-state index in [1.54, 1.807) is 0 Å². The van der Waals surface area contributed by atoms with Crippen molar-refractivity contribution in [1.82, 2.24) is 0 Å². The van der Waals surface area contributed by atoms with Crippen LogP contribution in [-0.4, -0.2) is 11.1 Å². The minimum Gasteiger partial charge on any atom is -0.478 e. The van der Waals surface area contributed by atoms with Gasteiger partial charge in [-0.2, -0.15) is 0 Å². The molecule has 0 bridgehead atoms. The molecule has 0 amide bonds. The fraction of sp³-hybridized carbons (Fsp3) is 0.100. The first kappa shape index (κ1) is 10.4. The summed E-state index contributed by atoms with van der Waals surface area (Å²) in [6, 6.07) is 1.84. The van der Waals surface area contributed by atoms with Gasteiger partial charge >= 0.3 is 5.97 Å². The lowest BCUT2D eigenvalue weighted by Crippen LogP contribution is -1.91. The quantitative estimate of drug-likeness (QED) is 0.740. The second-order valence-electron chi connectivity index (χ2n) is 2.77. The van der Waals surface area contributed by atoms with Gasteiger partial charge in [-0.15, -0.1) is 0 Å². The third-order valence-corrected chi connectivity index (χ3v) is 1.75. The zero-order chi connectivity index (χ0) is 10.7. The van der Waals surface area contributed by atoms with E-state index >= 15 is 0 Å². The normalized spacial score (nSPS) is 10.8. The van der Waals surface area contributed by atoms with E-state index in [1.165, 1.54) is 6.92 Å². The first-order valence-electron chi connectivity index (χ1n) is 3.87. The molecule has 0 aliphatic rings. The Morgan fingerprint density at radius 1 is 1.43 bits per heavy atom. The van der Waals surface area contributed by atoms with Crippen molar-refractivity contribution in [1.29, 1.82) is 0 Å². The minimum atomic E-state index is -1.16. The molecule has 14 heavy (non-hydrogen) atoms. The Bertz CT molecular complexity index is 397. The van der Waals surface area contributed by atoms with Crippen molar-refractivity contribution >= 4 is 12.0 Å². The number of carbonyl (C=O) groups is 1. The van der Waals surface area contributed by atoms with E-state index in [1.807, 2.05) is 0 Å². The van der Waals surface area contributed by atoms with Crippen molar-refractivity contribution in [3.63, 3.8) is 0 Å². The van der Waals surface area contributed by atoms with E-state index in [2.05, 4.69) is 0 Å². The number of carboxylic acid groups (broad SMARTS) is 1. The van der Waals surface area contributed by atoms with Gasteiger partial charge < -0.3 is 5.11 Å². The summed E-state index contributed by atoms with van der Waals surface area (Å²) in [4.78, 5) is 10.2. The molecule has 1 N–H and O–H groups in total. The van der Waals surface area contributed by atoms with Gasteiger partial charge in [0.1, 0.15) is 11.6 Å². The molecule has 0 heterocycles. The first-order chi connectivity index (χ1) is 6.50. The maximum Gasteiger partial charge on any atom is 0.328 e. The van der Waals surface area contributed by atoms with Crippen molar-refractivity contribution in [2.75, 3.05) is 0 Å². The Morgan fingerprint density at radius 3 is 2.64 bits per heavy atom. The van der Waals surface area contributed by atoms with E-state index in [-0.39, 0.29) is 11.1 Å². The van der Waals surface area contributed by atoms with E-state index in [0.29, 0.717) is 0 Å². The Balaban J connectivity index is 3.14. The standard InChI is InChI=1S/C10H8F2O2/c1-6-7(2-3-10(13)14)4-8(11)5-9(6)12/h2-5H,1H3,(H,13,14)/b3-2+. The molecule has 0 aliphatic heterocycles. The van der Waals surface area contributed by atoms with Crippen molar-refractivity contribution in [3.05, 3.63) is 41.0 Å². The average molecular weight is 198 g/mol. The summed E-state index contributed by atoms with van der Waals surface area (Å²) >= 11 is 0. The lowest BCUT2D eigenvalue weighted by atomic mass is 10.1. The van der Waals surface area contributed by atoms with E-state index in [9.17, 15) is 13.6 Å². The van der Waals surface area contributed by atoms with Crippen molar-refractivity contribution in [2.24, 2.45) is 0 Å². The van der Waals surface area contributed by atoms with Crippen LogP contribution in [0.3, 0.4) is 0 Å². The molecule has 0 aliphatic carbocycles. The monoisotopic (exact) mass is 198 g/mol. The lowest BCUT2D eigenvalue weighted by Gasteiger charge is -2.01. The van der Waals surface area contributed by atoms with E-state index in [4.69, 9.17) is 5.11 Å². The molecule has 2 nitrogen and oxygen atoms in total. The molecule has 0 radical (unpaired) electrons. The van der Waals surface area contributed by atoms with E-state index < -0.39 is 17.6 Å². The molecule has 0 saturated carbocycles. The molecule has 1 rings (SSSR count). The maximum absolute atomic E-state index is 12.9. The molecular weight excluding hydrogens is 190 g/mol. The molecule has 0 fully saturated rings. The lowest BCUT2D eigenvalue weighted by molar-refractivity contribution is -0.131. The summed E-state index contributed by atoms with van der Waals surface area (Å²) in [6.45, 7) is 1.45. The molecule has 0 unspecified atom stereocenters. The maximum atomic E-state index is 12.9. The van der Waals surface area contributed by atoms with Crippen molar-refractivity contribution in [3.8, 4) is 0 Å². The second kappa shape index (κ2) is 4.00. The highest BCUT2D eigenvalue weighted by atomic mass is 19.1. The van der Waals surface area contributed by atoms with Crippen LogP contribution < -0.4 is 0 Å². The van der Waals surface area contributed by atoms with Crippen LogP contribution in [0.4, 0.5) is 8.78 Å². The highest BCUT2D eigenvalue weighted by Crippen LogP contribution is 2.16. The van der Waals surface area contributed by atoms with Gasteiger partial charge in [-0.1, -0.05) is 0 Å². The molecular formula is C10H8F2O2. The van der Waals surface area contributed by atoms with Gasteiger partial charge in [0.25, 0.3) is 0 Å². The number of carboxylic acids is 1. The summed E-state index contributed by atoms with van der Waals surface area (Å²) in [5, 5.41) is 8.33. The van der Waals surface area contributed by atoms with E-state index in [0.717, 1.165) is 24.3 Å². The Morgan fingerprint density at radius 2 is 2.07 bits per heavy atom. The summed E-state index contributed by atoms with van der Waals surface area (Å²) in [6.07, 6.45) is 1.99. The molecule has 1 aromatic rings. The summed E-state index contributed by atoms with van der Waals surface area (Å²) in [5.74, 6) is -2.57. The SMILES string of the molecule is Cc1c(F)cc(F)cc1/C=C/C(=O)O. The van der Waals surface area contributed by atoms with Gasteiger partial charge in [0.2, 0.25) is 0 Å².